The normalized spacial score (nSPS) is 13.4. The van der Waals surface area contributed by atoms with Gasteiger partial charge in [-0.1, -0.05) is 21.6 Å². The Kier molecular flexibility index (Phi) is 13.4. The average molecular weight is 464 g/mol. The first kappa shape index (κ1) is 27.1. The zero-order chi connectivity index (χ0) is 20.4. The molecule has 0 aliphatic heterocycles. The lowest BCUT2D eigenvalue weighted by atomic mass is 9.93. The maximum Gasteiger partial charge on any atom is 0.466 e. The van der Waals surface area contributed by atoms with E-state index in [0.29, 0.717) is 0 Å². The molecule has 0 amide bonds. The van der Waals surface area contributed by atoms with Crippen LogP contribution in [0.5, 0.6) is 0 Å². The molecule has 1 aromatic heterocycles. The van der Waals surface area contributed by atoms with E-state index in [4.69, 9.17) is 39.7 Å². The van der Waals surface area contributed by atoms with Gasteiger partial charge in [-0.05, 0) is 0 Å². The minimum atomic E-state index is -4.64. The molecule has 2 unspecified atom stereocenters. The summed E-state index contributed by atoms with van der Waals surface area (Å²) in [6, 6.07) is 0. The molecule has 0 bridgehead atoms. The van der Waals surface area contributed by atoms with Crippen LogP contribution in [0.25, 0.3) is 0 Å². The molecular formula is C5H15F5N3O8P4+. The Morgan fingerprint density at radius 1 is 1.00 bits per heavy atom. The molecule has 0 spiro atoms. The van der Waals surface area contributed by atoms with Crippen molar-refractivity contribution < 1.29 is 61.2 Å². The van der Waals surface area contributed by atoms with Crippen LogP contribution in [0.4, 0.5) is 21.6 Å². The minimum absolute atomic E-state index is 0.406. The molecule has 152 valence electrons. The SMILES string of the molecule is Fn1p(F)n[p+](F)n(F)p1F.O=P(O)(O)O.OCC(CO)(CO)CO. The fraction of sp³-hybridized carbons (Fsp3) is 1.00. The summed E-state index contributed by atoms with van der Waals surface area (Å²) in [5.41, 5.74) is -1.11. The number of aromatic nitrogens is 3. The number of aliphatic hydroxyl groups excluding tert-OH is 4. The summed E-state index contributed by atoms with van der Waals surface area (Å²) >= 11 is 0. The van der Waals surface area contributed by atoms with Crippen molar-refractivity contribution in [2.45, 2.75) is 0 Å². The first-order valence-electron chi connectivity index (χ1n) is 5.51. The third-order valence-corrected chi connectivity index (χ3v) is 6.08. The van der Waals surface area contributed by atoms with Crippen molar-refractivity contribution in [2.75, 3.05) is 26.4 Å². The van der Waals surface area contributed by atoms with Gasteiger partial charge in [-0.25, -0.2) is 4.57 Å². The molecule has 1 rings (SSSR count). The molecule has 0 radical (unpaired) electrons. The number of phosphoric acid groups is 1. The summed E-state index contributed by atoms with van der Waals surface area (Å²) < 4.78 is 69.4. The summed E-state index contributed by atoms with van der Waals surface area (Å²) in [4.78, 5) is 21.6. The van der Waals surface area contributed by atoms with Crippen LogP contribution in [-0.4, -0.2) is 74.7 Å². The minimum Gasteiger partial charge on any atom is -0.396 e. The Labute approximate surface area is 139 Å². The smallest absolute Gasteiger partial charge is 0.396 e. The standard InChI is InChI=1S/C5H12O4.F5N3P3.H3O4P/c6-1-5(2-7,3-8)4-9;1-7-9(3)6-10(4)8(2)11(7)5;1-5(2,3)4/h6-9H,1-4H2;;(H3,1,2,3,4)/q;+1;. The van der Waals surface area contributed by atoms with Crippen molar-refractivity contribution >= 4 is 32.3 Å². The number of rotatable bonds is 4. The molecule has 7 N–H and O–H groups in total. The Morgan fingerprint density at radius 3 is 1.56 bits per heavy atom. The molecule has 11 nitrogen and oxygen atoms in total. The van der Waals surface area contributed by atoms with Crippen LogP contribution in [0.15, 0.2) is 0 Å². The molecule has 0 saturated heterocycles. The van der Waals surface area contributed by atoms with Gasteiger partial charge in [0.25, 0.3) is 0 Å². The van der Waals surface area contributed by atoms with Gasteiger partial charge in [0, 0.05) is 13.1 Å². The Balaban J connectivity index is 0. The summed E-state index contributed by atoms with van der Waals surface area (Å²) in [7, 11) is -15.0. The number of nitrogens with zero attached hydrogens (tertiary/aromatic N) is 3. The highest BCUT2D eigenvalue weighted by atomic mass is 31.2. The largest absolute Gasteiger partial charge is 0.466 e. The zero-order valence-corrected chi connectivity index (χ0v) is 15.5. The van der Waals surface area contributed by atoms with E-state index in [0.717, 1.165) is 0 Å². The van der Waals surface area contributed by atoms with Gasteiger partial charge in [-0.3, -0.25) is 0 Å². The van der Waals surface area contributed by atoms with Gasteiger partial charge in [0.15, 0.2) is 0 Å². The van der Waals surface area contributed by atoms with Gasteiger partial charge < -0.3 is 35.1 Å². The van der Waals surface area contributed by atoms with Gasteiger partial charge >= 0.3 is 32.3 Å². The molecule has 0 aliphatic rings. The number of hydrogen-bond donors (Lipinski definition) is 7. The van der Waals surface area contributed by atoms with Crippen molar-refractivity contribution in [1.29, 1.82) is 0 Å². The van der Waals surface area contributed by atoms with E-state index < -0.39 is 72.8 Å². The van der Waals surface area contributed by atoms with E-state index in [9.17, 15) is 21.6 Å². The molecule has 20 heteroatoms. The second-order valence-corrected chi connectivity index (χ2v) is 9.16. The number of aliphatic hydroxyl groups is 4. The van der Waals surface area contributed by atoms with Crippen LogP contribution in [0.3, 0.4) is 0 Å². The Morgan fingerprint density at radius 2 is 1.32 bits per heavy atom. The summed E-state index contributed by atoms with van der Waals surface area (Å²) in [5, 5.41) is 34.0. The first-order chi connectivity index (χ1) is 11.3. The van der Waals surface area contributed by atoms with E-state index in [1.165, 1.54) is 0 Å². The van der Waals surface area contributed by atoms with Gasteiger partial charge in [0.2, 0.25) is 0 Å². The third-order valence-electron chi connectivity index (χ3n) is 2.03. The fourth-order valence-electron chi connectivity index (χ4n) is 0.610. The highest BCUT2D eigenvalue weighted by Gasteiger charge is 2.27. The Hall–Kier alpha value is -0.100. The van der Waals surface area contributed by atoms with E-state index in [1.54, 1.807) is 0 Å². The predicted molar refractivity (Wildman–Crippen MR) is 77.9 cm³/mol. The summed E-state index contributed by atoms with van der Waals surface area (Å²) in [5.74, 6) is 0. The van der Waals surface area contributed by atoms with Gasteiger partial charge in [0.05, 0.1) is 31.8 Å². The maximum absolute atomic E-state index is 12.1. The van der Waals surface area contributed by atoms with Crippen molar-refractivity contribution in [2.24, 2.45) is 5.41 Å². The van der Waals surface area contributed by atoms with E-state index >= 15 is 0 Å². The third kappa shape index (κ3) is 11.3. The summed E-state index contributed by atoms with van der Waals surface area (Å²) in [6.45, 7) is -1.62. The molecule has 0 aliphatic carbocycles. The lowest BCUT2D eigenvalue weighted by molar-refractivity contribution is -0.0328. The second-order valence-electron chi connectivity index (χ2n) is 3.94. The molecule has 0 saturated carbocycles. The van der Waals surface area contributed by atoms with Crippen LogP contribution in [0, 0.1) is 5.41 Å². The van der Waals surface area contributed by atoms with E-state index in [-0.39, 0.29) is 0 Å². The van der Waals surface area contributed by atoms with Crippen LogP contribution in [0.2, 0.25) is 0 Å². The average Bonchev–Trinajstić information content (AvgIpc) is 2.53. The van der Waals surface area contributed by atoms with Crippen LogP contribution in [-0.2, 0) is 4.57 Å². The van der Waals surface area contributed by atoms with E-state index in [1.807, 2.05) is 0 Å². The Bertz CT molecular complexity index is 540. The van der Waals surface area contributed by atoms with Crippen LogP contribution < -0.4 is 0 Å². The first-order valence-corrected chi connectivity index (χ1v) is 10.5. The maximum atomic E-state index is 12.1. The van der Waals surface area contributed by atoms with Gasteiger partial charge in [-0.15, -0.1) is 0 Å². The molecule has 0 aromatic carbocycles. The van der Waals surface area contributed by atoms with E-state index in [2.05, 4.69) is 4.51 Å². The topological polar surface area (TPSA) is 181 Å². The van der Waals surface area contributed by atoms with Crippen molar-refractivity contribution in [3.63, 3.8) is 0 Å². The van der Waals surface area contributed by atoms with Crippen LogP contribution >= 0.6 is 32.3 Å². The van der Waals surface area contributed by atoms with Crippen LogP contribution in [0.1, 0.15) is 0 Å². The van der Waals surface area contributed by atoms with Crippen molar-refractivity contribution in [3.8, 4) is 0 Å². The van der Waals surface area contributed by atoms with Crippen molar-refractivity contribution in [3.05, 3.63) is 0 Å². The monoisotopic (exact) mass is 464 g/mol. The molecule has 2 atom stereocenters. The number of halogens is 5. The molecule has 1 aromatic rings. The van der Waals surface area contributed by atoms with Gasteiger partial charge in [0.1, 0.15) is 0 Å². The highest BCUT2D eigenvalue weighted by molar-refractivity contribution is 7.58. The lowest BCUT2D eigenvalue weighted by Crippen LogP contribution is -2.37. The predicted octanol–water partition coefficient (Wildman–Crippen LogP) is 0.726. The highest BCUT2D eigenvalue weighted by Crippen LogP contribution is 2.46. The fourth-order valence-corrected chi connectivity index (χ4v) is 3.98. The summed E-state index contributed by atoms with van der Waals surface area (Å²) in [6.07, 6.45) is 0. The molecule has 1 heterocycles. The zero-order valence-electron chi connectivity index (χ0n) is 11.9. The quantitative estimate of drug-likeness (QED) is 0.250. The molecule has 0 fully saturated rings. The second kappa shape index (κ2) is 12.3. The molecular weight excluding hydrogens is 449 g/mol. The molecule has 25 heavy (non-hydrogen) atoms. The van der Waals surface area contributed by atoms with Crippen molar-refractivity contribution in [1.82, 2.24) is 13.1 Å². The number of hydrogen-bond acceptors (Lipinski definition) is 6. The van der Waals surface area contributed by atoms with Gasteiger partial charge in [-0.2, -0.15) is 0 Å². The lowest BCUT2D eigenvalue weighted by Gasteiger charge is -2.23.